The molecule has 11 heavy (non-hydrogen) atoms. The Labute approximate surface area is 70.5 Å². The maximum Gasteiger partial charge on any atom is 0.00746 e. The van der Waals surface area contributed by atoms with Crippen LogP contribution in [0.4, 0.5) is 0 Å². The van der Waals surface area contributed by atoms with Gasteiger partial charge in [0, 0.05) is 13.1 Å². The minimum Gasteiger partial charge on any atom is -0.329 e. The van der Waals surface area contributed by atoms with Gasteiger partial charge in [-0.2, -0.15) is 0 Å². The predicted molar refractivity (Wildman–Crippen MR) is 50.5 cm³/mol. The molecule has 0 heterocycles. The average Bonchev–Trinajstić information content (AvgIpc) is 2.03. The molecule has 2 heteroatoms. The molecule has 0 spiro atoms. The first kappa shape index (κ1) is 10.9. The normalized spacial score (nSPS) is 16.4. The highest BCUT2D eigenvalue weighted by Gasteiger charge is 2.08. The quantitative estimate of drug-likeness (QED) is 0.570. The van der Waals surface area contributed by atoms with Crippen molar-refractivity contribution in [2.45, 2.75) is 27.2 Å². The molecule has 68 valence electrons. The molecular formula is C9H22N2. The maximum absolute atomic E-state index is 5.36. The molecule has 0 rings (SSSR count). The van der Waals surface area contributed by atoms with Gasteiger partial charge < -0.3 is 11.1 Å². The minimum atomic E-state index is 0.743. The molecule has 2 atom stereocenters. The van der Waals surface area contributed by atoms with Crippen molar-refractivity contribution in [2.24, 2.45) is 17.6 Å². The van der Waals surface area contributed by atoms with E-state index in [2.05, 4.69) is 26.1 Å². The largest absolute Gasteiger partial charge is 0.329 e. The summed E-state index contributed by atoms with van der Waals surface area (Å²) in [4.78, 5) is 0. The monoisotopic (exact) mass is 158 g/mol. The fraction of sp³-hybridized carbons (Fsp3) is 1.00. The van der Waals surface area contributed by atoms with E-state index in [1.807, 2.05) is 0 Å². The third-order valence-electron chi connectivity index (χ3n) is 2.40. The highest BCUT2D eigenvalue weighted by molar-refractivity contribution is 4.62. The van der Waals surface area contributed by atoms with Crippen LogP contribution < -0.4 is 11.1 Å². The summed E-state index contributed by atoms with van der Waals surface area (Å²) >= 11 is 0. The van der Waals surface area contributed by atoms with E-state index in [1.54, 1.807) is 0 Å². The molecule has 0 radical (unpaired) electrons. The zero-order chi connectivity index (χ0) is 8.69. The van der Waals surface area contributed by atoms with Gasteiger partial charge in [-0.05, 0) is 18.4 Å². The lowest BCUT2D eigenvalue weighted by atomic mass is 9.94. The van der Waals surface area contributed by atoms with E-state index in [1.165, 1.54) is 6.42 Å². The molecule has 2 unspecified atom stereocenters. The summed E-state index contributed by atoms with van der Waals surface area (Å²) in [6.45, 7) is 9.62. The number of hydrogen-bond acceptors (Lipinski definition) is 2. The van der Waals surface area contributed by atoms with Crippen molar-refractivity contribution in [3.05, 3.63) is 0 Å². The molecule has 0 amide bonds. The van der Waals surface area contributed by atoms with Crippen LogP contribution in [0.1, 0.15) is 27.2 Å². The van der Waals surface area contributed by atoms with E-state index in [0.29, 0.717) is 0 Å². The summed E-state index contributed by atoms with van der Waals surface area (Å²) in [5.74, 6) is 1.59. The lowest BCUT2D eigenvalue weighted by Crippen LogP contribution is -2.29. The predicted octanol–water partition coefficient (Wildman–Crippen LogP) is 1.22. The number of nitrogens with one attached hydrogen (secondary N) is 1. The van der Waals surface area contributed by atoms with Gasteiger partial charge in [0.1, 0.15) is 0 Å². The van der Waals surface area contributed by atoms with Crippen molar-refractivity contribution < 1.29 is 0 Å². The van der Waals surface area contributed by atoms with Crippen molar-refractivity contribution in [3.63, 3.8) is 0 Å². The fourth-order valence-electron chi connectivity index (χ4n) is 1.04. The van der Waals surface area contributed by atoms with Crippen LogP contribution in [-0.4, -0.2) is 19.6 Å². The minimum absolute atomic E-state index is 0.743. The van der Waals surface area contributed by atoms with Crippen LogP contribution in [0.2, 0.25) is 0 Å². The Bertz CT molecular complexity index is 83.6. The Hall–Kier alpha value is -0.0800. The van der Waals surface area contributed by atoms with Crippen molar-refractivity contribution in [3.8, 4) is 0 Å². The van der Waals surface area contributed by atoms with E-state index in [-0.39, 0.29) is 0 Å². The topological polar surface area (TPSA) is 38.0 Å². The molecule has 0 aliphatic heterocycles. The summed E-state index contributed by atoms with van der Waals surface area (Å²) in [6.07, 6.45) is 1.27. The standard InChI is InChI=1S/C9H22N2/c1-4-8(2)9(3)7-11-6-5-10/h8-9,11H,4-7,10H2,1-3H3. The number of hydrogen-bond donors (Lipinski definition) is 2. The molecule has 0 aromatic rings. The van der Waals surface area contributed by atoms with E-state index in [9.17, 15) is 0 Å². The second-order valence-electron chi connectivity index (χ2n) is 3.36. The van der Waals surface area contributed by atoms with Crippen LogP contribution >= 0.6 is 0 Å². The van der Waals surface area contributed by atoms with Crippen LogP contribution in [0, 0.1) is 11.8 Å². The molecular weight excluding hydrogens is 136 g/mol. The van der Waals surface area contributed by atoms with Crippen LogP contribution in [0.5, 0.6) is 0 Å². The van der Waals surface area contributed by atoms with Gasteiger partial charge in [-0.15, -0.1) is 0 Å². The van der Waals surface area contributed by atoms with E-state index in [0.717, 1.165) is 31.5 Å². The third-order valence-corrected chi connectivity index (χ3v) is 2.40. The van der Waals surface area contributed by atoms with Crippen LogP contribution in [0.3, 0.4) is 0 Å². The summed E-state index contributed by atoms with van der Waals surface area (Å²) in [7, 11) is 0. The third kappa shape index (κ3) is 5.22. The Balaban J connectivity index is 3.28. The second-order valence-corrected chi connectivity index (χ2v) is 3.36. The Morgan fingerprint density at radius 2 is 1.91 bits per heavy atom. The van der Waals surface area contributed by atoms with Gasteiger partial charge in [0.05, 0.1) is 0 Å². The fourth-order valence-corrected chi connectivity index (χ4v) is 1.04. The SMILES string of the molecule is CCC(C)C(C)CNCCN. The maximum atomic E-state index is 5.36. The first-order valence-corrected chi connectivity index (χ1v) is 4.63. The average molecular weight is 158 g/mol. The van der Waals surface area contributed by atoms with E-state index < -0.39 is 0 Å². The lowest BCUT2D eigenvalue weighted by molar-refractivity contribution is 0.360. The van der Waals surface area contributed by atoms with Crippen LogP contribution in [0.15, 0.2) is 0 Å². The molecule has 0 bridgehead atoms. The van der Waals surface area contributed by atoms with Gasteiger partial charge in [0.25, 0.3) is 0 Å². The zero-order valence-electron chi connectivity index (χ0n) is 8.06. The van der Waals surface area contributed by atoms with Gasteiger partial charge in [-0.3, -0.25) is 0 Å². The van der Waals surface area contributed by atoms with Gasteiger partial charge in [-0.1, -0.05) is 27.2 Å². The Morgan fingerprint density at radius 1 is 1.27 bits per heavy atom. The van der Waals surface area contributed by atoms with Gasteiger partial charge >= 0.3 is 0 Å². The molecule has 2 nitrogen and oxygen atoms in total. The van der Waals surface area contributed by atoms with Gasteiger partial charge in [0.15, 0.2) is 0 Å². The Kier molecular flexibility index (Phi) is 6.57. The van der Waals surface area contributed by atoms with E-state index in [4.69, 9.17) is 5.73 Å². The molecule has 0 aliphatic rings. The molecule has 0 saturated heterocycles. The number of rotatable bonds is 6. The lowest BCUT2D eigenvalue weighted by Gasteiger charge is -2.18. The van der Waals surface area contributed by atoms with Crippen molar-refractivity contribution in [2.75, 3.05) is 19.6 Å². The molecule has 0 aliphatic carbocycles. The number of nitrogens with two attached hydrogens (primary N) is 1. The molecule has 0 fully saturated rings. The van der Waals surface area contributed by atoms with Gasteiger partial charge in [0.2, 0.25) is 0 Å². The van der Waals surface area contributed by atoms with Crippen LogP contribution in [-0.2, 0) is 0 Å². The highest BCUT2D eigenvalue weighted by atomic mass is 14.9. The van der Waals surface area contributed by atoms with E-state index >= 15 is 0 Å². The van der Waals surface area contributed by atoms with Crippen molar-refractivity contribution in [1.82, 2.24) is 5.32 Å². The molecule has 0 aromatic heterocycles. The highest BCUT2D eigenvalue weighted by Crippen LogP contribution is 2.12. The van der Waals surface area contributed by atoms with Crippen molar-refractivity contribution in [1.29, 1.82) is 0 Å². The summed E-state index contributed by atoms with van der Waals surface area (Å²) in [5.41, 5.74) is 5.36. The smallest absolute Gasteiger partial charge is 0.00746 e. The van der Waals surface area contributed by atoms with Crippen molar-refractivity contribution >= 4 is 0 Å². The van der Waals surface area contributed by atoms with Gasteiger partial charge in [-0.25, -0.2) is 0 Å². The second kappa shape index (κ2) is 6.62. The Morgan fingerprint density at radius 3 is 2.36 bits per heavy atom. The molecule has 0 aromatic carbocycles. The van der Waals surface area contributed by atoms with Crippen LogP contribution in [0.25, 0.3) is 0 Å². The zero-order valence-corrected chi connectivity index (χ0v) is 8.06. The summed E-state index contributed by atoms with van der Waals surface area (Å²) in [6, 6.07) is 0. The summed E-state index contributed by atoms with van der Waals surface area (Å²) < 4.78 is 0. The molecule has 3 N–H and O–H groups in total. The first-order valence-electron chi connectivity index (χ1n) is 4.63. The first-order chi connectivity index (χ1) is 5.22. The summed E-state index contributed by atoms with van der Waals surface area (Å²) in [5, 5.41) is 3.33. The molecule has 0 saturated carbocycles.